The van der Waals surface area contributed by atoms with E-state index in [9.17, 15) is 4.79 Å². The Kier molecular flexibility index (Phi) is 3.16. The number of carbonyl (C=O) groups is 1. The number of hydrogen-bond acceptors (Lipinski definition) is 3. The second kappa shape index (κ2) is 4.81. The van der Waals surface area contributed by atoms with Crippen molar-refractivity contribution in [3.05, 3.63) is 29.6 Å². The molecule has 1 aromatic heterocycles. The van der Waals surface area contributed by atoms with Crippen molar-refractivity contribution < 1.29 is 4.79 Å². The molecular weight excluding hydrogens is 224 g/mol. The summed E-state index contributed by atoms with van der Waals surface area (Å²) in [5, 5.41) is 3.63. The smallest absolute Gasteiger partial charge is 0.167 e. The molecule has 0 spiro atoms. The first kappa shape index (κ1) is 11.8. The summed E-state index contributed by atoms with van der Waals surface area (Å²) in [4.78, 5) is 16.7. The summed E-state index contributed by atoms with van der Waals surface area (Å²) in [6.45, 7) is 1.95. The van der Waals surface area contributed by atoms with E-state index in [4.69, 9.17) is 0 Å². The Hall–Kier alpha value is -1.22. The van der Waals surface area contributed by atoms with Gasteiger partial charge in [-0.1, -0.05) is 6.42 Å². The van der Waals surface area contributed by atoms with E-state index < -0.39 is 0 Å². The Morgan fingerprint density at radius 2 is 2.00 bits per heavy atom. The van der Waals surface area contributed by atoms with Gasteiger partial charge >= 0.3 is 0 Å². The third kappa shape index (κ3) is 2.32. The molecule has 0 aliphatic carbocycles. The Labute approximate surface area is 108 Å². The van der Waals surface area contributed by atoms with Crippen LogP contribution >= 0.6 is 0 Å². The van der Waals surface area contributed by atoms with Gasteiger partial charge in [0.25, 0.3) is 0 Å². The van der Waals surface area contributed by atoms with Crippen molar-refractivity contribution in [1.82, 2.24) is 10.3 Å². The molecule has 1 N–H and O–H groups in total. The zero-order valence-corrected chi connectivity index (χ0v) is 10.9. The third-order valence-corrected chi connectivity index (χ3v) is 4.28. The molecule has 2 fully saturated rings. The molecule has 2 saturated heterocycles. The van der Waals surface area contributed by atoms with E-state index in [1.807, 2.05) is 19.1 Å². The van der Waals surface area contributed by atoms with E-state index in [0.29, 0.717) is 17.9 Å². The number of nitrogens with one attached hydrogen (secondary N) is 1. The highest BCUT2D eigenvalue weighted by atomic mass is 16.1. The van der Waals surface area contributed by atoms with Crippen molar-refractivity contribution in [3.63, 3.8) is 0 Å². The van der Waals surface area contributed by atoms with Crippen LogP contribution in [0.25, 0.3) is 0 Å². The van der Waals surface area contributed by atoms with E-state index >= 15 is 0 Å². The highest BCUT2D eigenvalue weighted by molar-refractivity contribution is 5.97. The number of fused-ring (bicyclic) bond motifs is 2. The summed E-state index contributed by atoms with van der Waals surface area (Å²) in [6.07, 6.45) is 7.51. The monoisotopic (exact) mass is 244 g/mol. The summed E-state index contributed by atoms with van der Waals surface area (Å²) in [7, 11) is 0. The Morgan fingerprint density at radius 1 is 1.28 bits per heavy atom. The van der Waals surface area contributed by atoms with Crippen LogP contribution in [0.3, 0.4) is 0 Å². The van der Waals surface area contributed by atoms with Gasteiger partial charge in [0, 0.05) is 35.5 Å². The first-order valence-corrected chi connectivity index (χ1v) is 6.95. The predicted octanol–water partition coefficient (Wildman–Crippen LogP) is 2.49. The van der Waals surface area contributed by atoms with Crippen LogP contribution in [0.5, 0.6) is 0 Å². The molecule has 1 aromatic rings. The SMILES string of the molecule is Cc1ccc(C(=O)C2CC3CCCC(C2)N3)cn1. The lowest BCUT2D eigenvalue weighted by Gasteiger charge is -2.39. The molecule has 0 saturated carbocycles. The number of nitrogens with zero attached hydrogens (tertiary/aromatic N) is 1. The second-order valence-corrected chi connectivity index (χ2v) is 5.71. The lowest BCUT2D eigenvalue weighted by molar-refractivity contribution is 0.0824. The van der Waals surface area contributed by atoms with Gasteiger partial charge in [-0.05, 0) is 44.7 Å². The van der Waals surface area contributed by atoms with Gasteiger partial charge in [0.1, 0.15) is 0 Å². The maximum Gasteiger partial charge on any atom is 0.167 e. The second-order valence-electron chi connectivity index (χ2n) is 5.71. The van der Waals surface area contributed by atoms with Crippen LogP contribution in [-0.2, 0) is 0 Å². The Balaban J connectivity index is 1.74. The van der Waals surface area contributed by atoms with Crippen molar-refractivity contribution in [2.24, 2.45) is 5.92 Å². The van der Waals surface area contributed by atoms with Crippen molar-refractivity contribution in [1.29, 1.82) is 0 Å². The van der Waals surface area contributed by atoms with Gasteiger partial charge in [-0.15, -0.1) is 0 Å². The van der Waals surface area contributed by atoms with Crippen molar-refractivity contribution in [2.45, 2.75) is 51.1 Å². The fourth-order valence-electron chi connectivity index (χ4n) is 3.33. The molecular formula is C15H20N2O. The number of ketones is 1. The molecule has 0 radical (unpaired) electrons. The van der Waals surface area contributed by atoms with Crippen molar-refractivity contribution in [2.75, 3.05) is 0 Å². The molecule has 3 rings (SSSR count). The quantitative estimate of drug-likeness (QED) is 0.813. The van der Waals surface area contributed by atoms with Crippen LogP contribution in [0.1, 0.15) is 48.2 Å². The summed E-state index contributed by atoms with van der Waals surface area (Å²) in [5.74, 6) is 0.493. The van der Waals surface area contributed by atoms with Crippen LogP contribution in [0.2, 0.25) is 0 Å². The lowest BCUT2D eigenvalue weighted by atomic mass is 9.77. The first-order chi connectivity index (χ1) is 8.72. The molecule has 3 nitrogen and oxygen atoms in total. The van der Waals surface area contributed by atoms with Crippen molar-refractivity contribution in [3.8, 4) is 0 Å². The molecule has 2 unspecified atom stereocenters. The number of rotatable bonds is 2. The average molecular weight is 244 g/mol. The number of Topliss-reactive ketones (excluding diaryl/α,β-unsaturated/α-hetero) is 1. The average Bonchev–Trinajstić information content (AvgIpc) is 2.38. The summed E-state index contributed by atoms with van der Waals surface area (Å²) in [5.41, 5.74) is 1.75. The van der Waals surface area contributed by atoms with Crippen LogP contribution < -0.4 is 5.32 Å². The van der Waals surface area contributed by atoms with E-state index in [-0.39, 0.29) is 5.92 Å². The van der Waals surface area contributed by atoms with Crippen LogP contribution in [0, 0.1) is 12.8 Å². The topological polar surface area (TPSA) is 42.0 Å². The lowest BCUT2D eigenvalue weighted by Crippen LogP contribution is -2.50. The maximum absolute atomic E-state index is 12.5. The number of aryl methyl sites for hydroxylation is 1. The minimum atomic E-state index is 0.200. The Morgan fingerprint density at radius 3 is 2.61 bits per heavy atom. The van der Waals surface area contributed by atoms with E-state index in [1.54, 1.807) is 6.20 Å². The van der Waals surface area contributed by atoms with Gasteiger partial charge < -0.3 is 5.32 Å². The van der Waals surface area contributed by atoms with Crippen LogP contribution in [0.4, 0.5) is 0 Å². The molecule has 18 heavy (non-hydrogen) atoms. The normalized spacial score (nSPS) is 31.1. The fourth-order valence-corrected chi connectivity index (χ4v) is 3.33. The number of hydrogen-bond donors (Lipinski definition) is 1. The van der Waals surface area contributed by atoms with Gasteiger partial charge in [-0.3, -0.25) is 9.78 Å². The predicted molar refractivity (Wildman–Crippen MR) is 70.6 cm³/mol. The van der Waals surface area contributed by atoms with E-state index in [2.05, 4.69) is 10.3 Å². The van der Waals surface area contributed by atoms with Gasteiger partial charge in [0.05, 0.1) is 0 Å². The summed E-state index contributed by atoms with van der Waals surface area (Å²) < 4.78 is 0. The summed E-state index contributed by atoms with van der Waals surface area (Å²) in [6, 6.07) is 4.96. The maximum atomic E-state index is 12.5. The number of pyridine rings is 1. The van der Waals surface area contributed by atoms with Gasteiger partial charge in [0.2, 0.25) is 0 Å². The van der Waals surface area contributed by atoms with Crippen LogP contribution in [-0.4, -0.2) is 22.9 Å². The fraction of sp³-hybridized carbons (Fsp3) is 0.600. The molecule has 0 amide bonds. The van der Waals surface area contributed by atoms with Crippen molar-refractivity contribution >= 4 is 5.78 Å². The largest absolute Gasteiger partial charge is 0.311 e. The number of carbonyl (C=O) groups excluding carboxylic acids is 1. The zero-order valence-electron chi connectivity index (χ0n) is 10.9. The molecule has 2 atom stereocenters. The van der Waals surface area contributed by atoms with Gasteiger partial charge in [0.15, 0.2) is 5.78 Å². The van der Waals surface area contributed by atoms with E-state index in [1.165, 1.54) is 19.3 Å². The van der Waals surface area contributed by atoms with Gasteiger partial charge in [-0.25, -0.2) is 0 Å². The number of piperidine rings is 2. The van der Waals surface area contributed by atoms with Gasteiger partial charge in [-0.2, -0.15) is 0 Å². The standard InChI is InChI=1S/C15H20N2O/c1-10-5-6-11(9-16-10)15(18)12-7-13-3-2-4-14(8-12)17-13/h5-6,9,12-14,17H,2-4,7-8H2,1H3. The molecule has 96 valence electrons. The van der Waals surface area contributed by atoms with E-state index in [0.717, 1.165) is 24.1 Å². The highest BCUT2D eigenvalue weighted by Crippen LogP contribution is 2.31. The summed E-state index contributed by atoms with van der Waals surface area (Å²) >= 11 is 0. The highest BCUT2D eigenvalue weighted by Gasteiger charge is 2.34. The molecule has 2 aliphatic heterocycles. The Bertz CT molecular complexity index is 428. The molecule has 2 aliphatic rings. The minimum Gasteiger partial charge on any atom is -0.311 e. The molecule has 3 heterocycles. The first-order valence-electron chi connectivity index (χ1n) is 6.95. The molecule has 0 aromatic carbocycles. The molecule has 3 heteroatoms. The minimum absolute atomic E-state index is 0.200. The number of aromatic nitrogens is 1. The molecule has 2 bridgehead atoms. The zero-order chi connectivity index (χ0) is 12.5. The van der Waals surface area contributed by atoms with Crippen LogP contribution in [0.15, 0.2) is 18.3 Å². The third-order valence-electron chi connectivity index (χ3n) is 4.28.